The molecule has 0 bridgehead atoms. The van der Waals surface area contributed by atoms with E-state index in [0.717, 1.165) is 17.9 Å². The van der Waals surface area contributed by atoms with Gasteiger partial charge in [-0.15, -0.1) is 11.8 Å². The Hall–Kier alpha value is -1.16. The second-order valence-corrected chi connectivity index (χ2v) is 5.19. The summed E-state index contributed by atoms with van der Waals surface area (Å²) in [5.74, 6) is 0.0217. The first-order chi connectivity index (χ1) is 7.66. The van der Waals surface area contributed by atoms with Crippen LogP contribution in [0.4, 0.5) is 5.69 Å². The van der Waals surface area contributed by atoms with Gasteiger partial charge in [-0.3, -0.25) is 4.79 Å². The summed E-state index contributed by atoms with van der Waals surface area (Å²) in [6.45, 7) is 2.75. The van der Waals surface area contributed by atoms with E-state index < -0.39 is 5.97 Å². The molecule has 0 saturated carbocycles. The first kappa shape index (κ1) is 11.3. The summed E-state index contributed by atoms with van der Waals surface area (Å²) in [5.41, 5.74) is 2.27. The van der Waals surface area contributed by atoms with E-state index in [1.807, 2.05) is 23.9 Å². The fourth-order valence-electron chi connectivity index (χ4n) is 1.75. The van der Waals surface area contributed by atoms with Crippen molar-refractivity contribution in [2.75, 3.05) is 17.6 Å². The van der Waals surface area contributed by atoms with Crippen LogP contribution in [-0.4, -0.2) is 23.4 Å². The minimum Gasteiger partial charge on any atom is -0.481 e. The zero-order chi connectivity index (χ0) is 11.5. The van der Waals surface area contributed by atoms with Crippen molar-refractivity contribution >= 4 is 23.4 Å². The Morgan fingerprint density at radius 2 is 2.44 bits per heavy atom. The van der Waals surface area contributed by atoms with Crippen molar-refractivity contribution in [2.24, 2.45) is 5.92 Å². The number of nitrogens with one attached hydrogen (secondary N) is 1. The van der Waals surface area contributed by atoms with Crippen molar-refractivity contribution < 1.29 is 9.90 Å². The number of thioether (sulfide) groups is 1. The molecule has 0 saturated heterocycles. The van der Waals surface area contributed by atoms with Crippen LogP contribution in [0.2, 0.25) is 0 Å². The maximum atomic E-state index is 10.8. The smallest absolute Gasteiger partial charge is 0.306 e. The first-order valence-electron chi connectivity index (χ1n) is 5.39. The Balaban J connectivity index is 2.14. The second-order valence-electron chi connectivity index (χ2n) is 4.05. The molecule has 1 aliphatic rings. The lowest BCUT2D eigenvalue weighted by Gasteiger charge is -2.18. The van der Waals surface area contributed by atoms with Crippen LogP contribution in [0.3, 0.4) is 0 Å². The topological polar surface area (TPSA) is 49.3 Å². The van der Waals surface area contributed by atoms with E-state index in [0.29, 0.717) is 6.42 Å². The molecular formula is C12H15NO2S. The maximum Gasteiger partial charge on any atom is 0.306 e. The molecule has 3 nitrogen and oxygen atoms in total. The third-order valence-electron chi connectivity index (χ3n) is 2.68. The molecule has 4 heteroatoms. The summed E-state index contributed by atoms with van der Waals surface area (Å²) >= 11 is 1.83. The van der Waals surface area contributed by atoms with E-state index in [1.54, 1.807) is 6.92 Å². The van der Waals surface area contributed by atoms with Gasteiger partial charge in [0, 0.05) is 22.9 Å². The molecule has 16 heavy (non-hydrogen) atoms. The van der Waals surface area contributed by atoms with Crippen LogP contribution in [0, 0.1) is 5.92 Å². The van der Waals surface area contributed by atoms with Gasteiger partial charge in [0.05, 0.1) is 5.92 Å². The van der Waals surface area contributed by atoms with E-state index >= 15 is 0 Å². The van der Waals surface area contributed by atoms with Crippen molar-refractivity contribution in [2.45, 2.75) is 18.2 Å². The molecule has 1 aliphatic heterocycles. The van der Waals surface area contributed by atoms with Crippen molar-refractivity contribution in [1.29, 1.82) is 0 Å². The predicted octanol–water partition coefficient (Wildman–Crippen LogP) is 2.47. The number of carboxylic acid groups (broad SMARTS) is 1. The molecule has 1 heterocycles. The zero-order valence-corrected chi connectivity index (χ0v) is 10.0. The van der Waals surface area contributed by atoms with Gasteiger partial charge in [0.2, 0.25) is 0 Å². The van der Waals surface area contributed by atoms with Gasteiger partial charge in [-0.05, 0) is 24.1 Å². The minimum absolute atomic E-state index is 0.320. The van der Waals surface area contributed by atoms with Gasteiger partial charge >= 0.3 is 5.97 Å². The second kappa shape index (κ2) is 4.78. The number of aliphatic carboxylic acids is 1. The summed E-state index contributed by atoms with van der Waals surface area (Å²) in [5, 5.41) is 12.2. The van der Waals surface area contributed by atoms with E-state index in [-0.39, 0.29) is 5.92 Å². The van der Waals surface area contributed by atoms with Gasteiger partial charge in [-0.2, -0.15) is 0 Å². The Kier molecular flexibility index (Phi) is 3.39. The average molecular weight is 237 g/mol. The van der Waals surface area contributed by atoms with Crippen LogP contribution in [0.5, 0.6) is 0 Å². The van der Waals surface area contributed by atoms with E-state index in [4.69, 9.17) is 5.11 Å². The molecule has 1 atom stereocenters. The highest BCUT2D eigenvalue weighted by atomic mass is 32.2. The fraction of sp³-hybridized carbons (Fsp3) is 0.417. The lowest BCUT2D eigenvalue weighted by atomic mass is 10.0. The molecule has 0 spiro atoms. The monoisotopic (exact) mass is 237 g/mol. The van der Waals surface area contributed by atoms with Crippen molar-refractivity contribution in [1.82, 2.24) is 0 Å². The molecule has 1 unspecified atom stereocenters. The van der Waals surface area contributed by atoms with Crippen LogP contribution < -0.4 is 5.32 Å². The van der Waals surface area contributed by atoms with Gasteiger partial charge in [0.15, 0.2) is 0 Å². The average Bonchev–Trinajstić information content (AvgIpc) is 2.28. The van der Waals surface area contributed by atoms with Gasteiger partial charge < -0.3 is 10.4 Å². The Morgan fingerprint density at radius 1 is 1.62 bits per heavy atom. The molecule has 0 amide bonds. The van der Waals surface area contributed by atoms with Gasteiger partial charge in [0.1, 0.15) is 0 Å². The third-order valence-corrected chi connectivity index (χ3v) is 3.74. The Bertz CT molecular complexity index is 406. The van der Waals surface area contributed by atoms with Gasteiger partial charge in [0.25, 0.3) is 0 Å². The van der Waals surface area contributed by atoms with Crippen molar-refractivity contribution in [3.63, 3.8) is 0 Å². The summed E-state index contributed by atoms with van der Waals surface area (Å²) in [6, 6.07) is 6.16. The number of carbonyl (C=O) groups is 1. The molecule has 86 valence electrons. The summed E-state index contributed by atoms with van der Waals surface area (Å²) in [6.07, 6.45) is 0.600. The van der Waals surface area contributed by atoms with E-state index in [1.165, 1.54) is 10.6 Å². The number of hydrogen-bond donors (Lipinski definition) is 2. The molecule has 0 fully saturated rings. The van der Waals surface area contributed by atoms with E-state index in [9.17, 15) is 4.79 Å². The zero-order valence-electron chi connectivity index (χ0n) is 9.19. The standard InChI is InChI=1S/C12H15NO2S/c1-8(12(14)15)6-9-2-3-10-11(7-9)16-5-4-13-10/h2-3,7-8,13H,4-6H2,1H3,(H,14,15). The Labute approximate surface area is 99.2 Å². The highest BCUT2D eigenvalue weighted by molar-refractivity contribution is 7.99. The predicted molar refractivity (Wildman–Crippen MR) is 66.2 cm³/mol. The number of anilines is 1. The molecule has 0 radical (unpaired) electrons. The van der Waals surface area contributed by atoms with Crippen LogP contribution >= 0.6 is 11.8 Å². The van der Waals surface area contributed by atoms with Crippen molar-refractivity contribution in [3.05, 3.63) is 23.8 Å². The normalized spacial score (nSPS) is 16.1. The first-order valence-corrected chi connectivity index (χ1v) is 6.38. The molecule has 1 aromatic carbocycles. The number of benzene rings is 1. The molecule has 0 aliphatic carbocycles. The number of hydrogen-bond acceptors (Lipinski definition) is 3. The summed E-state index contributed by atoms with van der Waals surface area (Å²) in [7, 11) is 0. The van der Waals surface area contributed by atoms with Crippen LogP contribution in [0.15, 0.2) is 23.1 Å². The lowest BCUT2D eigenvalue weighted by molar-refractivity contribution is -0.141. The minimum atomic E-state index is -0.733. The summed E-state index contributed by atoms with van der Waals surface area (Å²) in [4.78, 5) is 12.0. The van der Waals surface area contributed by atoms with Gasteiger partial charge in [-0.25, -0.2) is 0 Å². The molecule has 2 rings (SSSR count). The van der Waals surface area contributed by atoms with Crippen LogP contribution in [-0.2, 0) is 11.2 Å². The Morgan fingerprint density at radius 3 is 3.19 bits per heavy atom. The maximum absolute atomic E-state index is 10.8. The molecule has 2 N–H and O–H groups in total. The lowest BCUT2D eigenvalue weighted by Crippen LogP contribution is -2.13. The van der Waals surface area contributed by atoms with E-state index in [2.05, 4.69) is 11.4 Å². The largest absolute Gasteiger partial charge is 0.481 e. The SMILES string of the molecule is CC(Cc1ccc2c(c1)SCCN2)C(=O)O. The number of rotatable bonds is 3. The van der Waals surface area contributed by atoms with Crippen LogP contribution in [0.1, 0.15) is 12.5 Å². The number of fused-ring (bicyclic) bond motifs is 1. The highest BCUT2D eigenvalue weighted by Gasteiger charge is 2.14. The summed E-state index contributed by atoms with van der Waals surface area (Å²) < 4.78 is 0. The van der Waals surface area contributed by atoms with Crippen molar-refractivity contribution in [3.8, 4) is 0 Å². The molecule has 0 aromatic heterocycles. The fourth-order valence-corrected chi connectivity index (χ4v) is 2.70. The highest BCUT2D eigenvalue weighted by Crippen LogP contribution is 2.32. The quantitative estimate of drug-likeness (QED) is 0.848. The van der Waals surface area contributed by atoms with Gasteiger partial charge in [-0.1, -0.05) is 13.0 Å². The molecular weight excluding hydrogens is 222 g/mol. The number of carboxylic acids is 1. The molecule has 1 aromatic rings. The third kappa shape index (κ3) is 2.50. The van der Waals surface area contributed by atoms with Crippen LogP contribution in [0.25, 0.3) is 0 Å².